The van der Waals surface area contributed by atoms with Gasteiger partial charge in [-0.25, -0.2) is 4.79 Å². The van der Waals surface area contributed by atoms with Crippen LogP contribution in [0, 0.1) is 18.8 Å². The van der Waals surface area contributed by atoms with Crippen molar-refractivity contribution in [3.8, 4) is 0 Å². The first-order valence-corrected chi connectivity index (χ1v) is 15.2. The zero-order valence-electron chi connectivity index (χ0n) is 21.4. The first kappa shape index (κ1) is 26.6. The molecule has 2 aromatic rings. The third-order valence-corrected chi connectivity index (χ3v) is 11.1. The Bertz CT molecular complexity index is 1040. The van der Waals surface area contributed by atoms with Crippen LogP contribution in [0.5, 0.6) is 0 Å². The fraction of sp³-hybridized carbons (Fsp3) is 0.692. The predicted octanol–water partition coefficient (Wildman–Crippen LogP) is 7.17. The lowest BCUT2D eigenvalue weighted by atomic mass is 9.81. The molecule has 1 N–H and O–H groups in total. The molecule has 2 fully saturated rings. The zero-order valence-corrected chi connectivity index (χ0v) is 23.8. The smallest absolute Gasteiger partial charge is 0.348 e. The van der Waals surface area contributed by atoms with Crippen molar-refractivity contribution in [2.24, 2.45) is 11.8 Å². The molecule has 0 radical (unpaired) electrons. The number of amides is 1. The number of anilines is 1. The number of carbonyl (C=O) groups is 2. The van der Waals surface area contributed by atoms with E-state index in [0.29, 0.717) is 21.7 Å². The van der Waals surface area contributed by atoms with E-state index >= 15 is 0 Å². The average molecular weight is 536 g/mol. The Labute approximate surface area is 220 Å². The highest BCUT2D eigenvalue weighted by Crippen LogP contribution is 2.43. The van der Waals surface area contributed by atoms with Crippen LogP contribution in [-0.2, 0) is 10.2 Å². The fourth-order valence-corrected chi connectivity index (χ4v) is 8.48. The number of rotatable bonds is 6. The molecule has 9 heteroatoms. The summed E-state index contributed by atoms with van der Waals surface area (Å²) in [6.45, 7) is 10.5. The summed E-state index contributed by atoms with van der Waals surface area (Å²) in [4.78, 5) is 29.6. The molecule has 0 atom stereocenters. The summed E-state index contributed by atoms with van der Waals surface area (Å²) >= 11 is 4.75. The molecule has 0 aliphatic heterocycles. The second kappa shape index (κ2) is 10.9. The van der Waals surface area contributed by atoms with Crippen LogP contribution in [-0.4, -0.2) is 38.5 Å². The van der Waals surface area contributed by atoms with Crippen LogP contribution in [0.1, 0.15) is 98.6 Å². The number of aromatic carboxylic acids is 1. The lowest BCUT2D eigenvalue weighted by molar-refractivity contribution is -0.124. The van der Waals surface area contributed by atoms with E-state index in [4.69, 9.17) is 0 Å². The minimum atomic E-state index is -0.938. The zero-order chi connectivity index (χ0) is 25.3. The van der Waals surface area contributed by atoms with Crippen LogP contribution in [0.2, 0.25) is 0 Å². The number of carboxylic acids is 1. The topological polar surface area (TPSA) is 83.4 Å². The van der Waals surface area contributed by atoms with E-state index in [9.17, 15) is 14.7 Å². The maximum absolute atomic E-state index is 14.0. The Morgan fingerprint density at radius 3 is 2.23 bits per heavy atom. The van der Waals surface area contributed by atoms with E-state index in [1.807, 2.05) is 17.9 Å². The standard InChI is InChI=1S/C26H37N3O3S3/c1-15-6-8-17(9-7-15)23(30)29(20-14-21(26(3,4)5)35-22(20)24(31)32)18-10-12-19(13-11-18)34-25-28-27-16(2)33-25/h14-15,17-19H,6-13H2,1-5H3,(H,31,32)/t15-,17-,18-,19+. The third-order valence-electron chi connectivity index (χ3n) is 7.29. The first-order valence-electron chi connectivity index (χ1n) is 12.7. The molecule has 4 rings (SSSR count). The minimum absolute atomic E-state index is 0.0118. The quantitative estimate of drug-likeness (QED) is 0.422. The molecule has 192 valence electrons. The van der Waals surface area contributed by atoms with Gasteiger partial charge in [0.1, 0.15) is 9.88 Å². The molecule has 6 nitrogen and oxygen atoms in total. The molecule has 2 aliphatic carbocycles. The van der Waals surface area contributed by atoms with E-state index in [-0.39, 0.29) is 23.3 Å². The summed E-state index contributed by atoms with van der Waals surface area (Å²) in [6.07, 6.45) is 7.66. The first-order chi connectivity index (χ1) is 16.5. The van der Waals surface area contributed by atoms with E-state index in [1.165, 1.54) is 11.3 Å². The van der Waals surface area contributed by atoms with Crippen LogP contribution >= 0.6 is 34.4 Å². The van der Waals surface area contributed by atoms with Crippen LogP contribution in [0.15, 0.2) is 10.4 Å². The van der Waals surface area contributed by atoms with E-state index in [0.717, 1.165) is 65.6 Å². The second-order valence-electron chi connectivity index (χ2n) is 11.2. The Morgan fingerprint density at radius 1 is 1.03 bits per heavy atom. The molecule has 0 saturated heterocycles. The molecule has 0 unspecified atom stereocenters. The Balaban J connectivity index is 1.60. The molecule has 2 aliphatic rings. The Morgan fingerprint density at radius 2 is 1.69 bits per heavy atom. The highest BCUT2D eigenvalue weighted by molar-refractivity contribution is 8.01. The summed E-state index contributed by atoms with van der Waals surface area (Å²) in [5, 5.41) is 19.9. The maximum Gasteiger partial charge on any atom is 0.348 e. The van der Waals surface area contributed by atoms with Crippen LogP contribution in [0.4, 0.5) is 5.69 Å². The minimum Gasteiger partial charge on any atom is -0.477 e. The predicted molar refractivity (Wildman–Crippen MR) is 145 cm³/mol. The van der Waals surface area contributed by atoms with Gasteiger partial charge in [0.15, 0.2) is 4.34 Å². The summed E-state index contributed by atoms with van der Waals surface area (Å²) < 4.78 is 1.01. The number of thiophene rings is 1. The monoisotopic (exact) mass is 535 g/mol. The molecule has 2 saturated carbocycles. The second-order valence-corrected chi connectivity index (χ2v) is 15.0. The van der Waals surface area contributed by atoms with Crippen molar-refractivity contribution in [1.82, 2.24) is 10.2 Å². The number of aryl methyl sites for hydroxylation is 1. The number of carboxylic acid groups (broad SMARTS) is 1. The molecule has 2 aromatic heterocycles. The number of thioether (sulfide) groups is 1. The van der Waals surface area contributed by atoms with Crippen LogP contribution in [0.3, 0.4) is 0 Å². The van der Waals surface area contributed by atoms with Crippen LogP contribution < -0.4 is 4.90 Å². The van der Waals surface area contributed by atoms with Crippen molar-refractivity contribution in [2.75, 3.05) is 4.90 Å². The van der Waals surface area contributed by atoms with Gasteiger partial charge in [0.05, 0.1) is 5.69 Å². The van der Waals surface area contributed by atoms with Gasteiger partial charge in [-0.3, -0.25) is 4.79 Å². The molecular weight excluding hydrogens is 499 g/mol. The van der Waals surface area contributed by atoms with E-state index in [1.54, 1.807) is 23.1 Å². The molecule has 35 heavy (non-hydrogen) atoms. The molecule has 2 heterocycles. The molecular formula is C26H37N3O3S3. The van der Waals surface area contributed by atoms with Crippen molar-refractivity contribution in [3.05, 3.63) is 20.8 Å². The van der Waals surface area contributed by atoms with Gasteiger partial charge in [-0.15, -0.1) is 21.5 Å². The number of carbonyl (C=O) groups excluding carboxylic acids is 1. The van der Waals surface area contributed by atoms with Gasteiger partial charge in [0.2, 0.25) is 5.91 Å². The normalized spacial score (nSPS) is 25.4. The van der Waals surface area contributed by atoms with E-state index in [2.05, 4.69) is 37.9 Å². The fourth-order valence-electron chi connectivity index (χ4n) is 5.17. The maximum atomic E-state index is 14.0. The molecule has 0 aromatic carbocycles. The van der Waals surface area contributed by atoms with Crippen molar-refractivity contribution in [2.45, 2.75) is 107 Å². The summed E-state index contributed by atoms with van der Waals surface area (Å²) in [6, 6.07) is 2.03. The molecule has 0 bridgehead atoms. The van der Waals surface area contributed by atoms with Gasteiger partial charge in [0.25, 0.3) is 0 Å². The molecule has 1 amide bonds. The van der Waals surface area contributed by atoms with Gasteiger partial charge in [-0.1, -0.05) is 50.8 Å². The van der Waals surface area contributed by atoms with Crippen molar-refractivity contribution in [3.63, 3.8) is 0 Å². The summed E-state index contributed by atoms with van der Waals surface area (Å²) in [5.41, 5.74) is 0.447. The number of aromatic nitrogens is 2. The third kappa shape index (κ3) is 6.28. The highest BCUT2D eigenvalue weighted by atomic mass is 32.2. The van der Waals surface area contributed by atoms with Gasteiger partial charge >= 0.3 is 5.97 Å². The van der Waals surface area contributed by atoms with Crippen LogP contribution in [0.25, 0.3) is 0 Å². The van der Waals surface area contributed by atoms with Crippen molar-refractivity contribution < 1.29 is 14.7 Å². The summed E-state index contributed by atoms with van der Waals surface area (Å²) in [7, 11) is 0. The van der Waals surface area contributed by atoms with Crippen molar-refractivity contribution in [1.29, 1.82) is 0 Å². The number of hydrogen-bond acceptors (Lipinski definition) is 7. The van der Waals surface area contributed by atoms with Gasteiger partial charge in [-0.2, -0.15) is 0 Å². The van der Waals surface area contributed by atoms with Crippen molar-refractivity contribution >= 4 is 52.0 Å². The SMILES string of the molecule is Cc1nnc(S[C@H]2CC[C@@H](N(c3cc(C(C)(C)C)sc3C(=O)O)C(=O)[C@H]3CC[C@H](C)CC3)CC2)s1. The van der Waals surface area contributed by atoms with Gasteiger partial charge < -0.3 is 10.0 Å². The Hall–Kier alpha value is -1.45. The summed E-state index contributed by atoms with van der Waals surface area (Å²) in [5.74, 6) is -0.158. The number of hydrogen-bond donors (Lipinski definition) is 1. The van der Waals surface area contributed by atoms with Gasteiger partial charge in [-0.05, 0) is 75.7 Å². The van der Waals surface area contributed by atoms with E-state index < -0.39 is 5.97 Å². The highest BCUT2D eigenvalue weighted by Gasteiger charge is 2.38. The molecule has 0 spiro atoms. The number of nitrogens with zero attached hydrogens (tertiary/aromatic N) is 3. The van der Waals surface area contributed by atoms with Gasteiger partial charge in [0, 0.05) is 22.1 Å². The average Bonchev–Trinajstić information content (AvgIpc) is 3.42. The Kier molecular flexibility index (Phi) is 8.28. The lowest BCUT2D eigenvalue weighted by Gasteiger charge is -2.39. The lowest BCUT2D eigenvalue weighted by Crippen LogP contribution is -2.46. The largest absolute Gasteiger partial charge is 0.477 e.